The Hall–Kier alpha value is -2.63. The smallest absolute Gasteiger partial charge is 0.477 e. The molecule has 3 aromatic rings. The second-order valence-electron chi connectivity index (χ2n) is 4.05. The SMILES string of the molecule is CC[n+]1c(O)cc(=O)n2nc(-c3ccccc3)oc21. The van der Waals surface area contributed by atoms with Crippen LogP contribution in [0.5, 0.6) is 5.88 Å². The van der Waals surface area contributed by atoms with Crippen LogP contribution in [-0.2, 0) is 6.54 Å². The number of hydrogen-bond donors (Lipinski definition) is 1. The fourth-order valence-corrected chi connectivity index (χ4v) is 1.94. The molecule has 0 unspecified atom stereocenters. The highest BCUT2D eigenvalue weighted by Crippen LogP contribution is 2.17. The molecule has 2 aromatic heterocycles. The molecule has 0 atom stereocenters. The highest BCUT2D eigenvalue weighted by Gasteiger charge is 2.23. The fraction of sp³-hybridized carbons (Fsp3) is 0.154. The van der Waals surface area contributed by atoms with Gasteiger partial charge < -0.3 is 9.52 Å². The molecule has 0 aliphatic heterocycles. The standard InChI is InChI=1S/C13H11N3O3/c1-2-15-10(17)8-11(18)16-13(15)19-12(14-16)9-6-4-3-5-7-9/h3-8H,2H2,1H3/p+1. The van der Waals surface area contributed by atoms with Crippen LogP contribution in [0, 0.1) is 0 Å². The Labute approximate surface area is 108 Å². The number of nitrogens with zero attached hydrogens (tertiary/aromatic N) is 3. The number of fused-ring (bicyclic) bond motifs is 1. The van der Waals surface area contributed by atoms with Crippen molar-refractivity contribution in [2.75, 3.05) is 0 Å². The zero-order chi connectivity index (χ0) is 13.4. The molecule has 0 aliphatic rings. The largest absolute Gasteiger partial charge is 0.495 e. The molecule has 0 aliphatic carbocycles. The summed E-state index contributed by atoms with van der Waals surface area (Å²) < 4.78 is 8.21. The van der Waals surface area contributed by atoms with E-state index in [2.05, 4.69) is 5.10 Å². The van der Waals surface area contributed by atoms with E-state index in [0.717, 1.165) is 16.1 Å². The average Bonchev–Trinajstić information content (AvgIpc) is 2.85. The monoisotopic (exact) mass is 258 g/mol. The van der Waals surface area contributed by atoms with Crippen molar-refractivity contribution in [1.82, 2.24) is 9.61 Å². The van der Waals surface area contributed by atoms with Crippen LogP contribution < -0.4 is 10.1 Å². The molecule has 0 fully saturated rings. The van der Waals surface area contributed by atoms with Gasteiger partial charge in [0, 0.05) is 5.56 Å². The van der Waals surface area contributed by atoms with E-state index in [-0.39, 0.29) is 11.7 Å². The van der Waals surface area contributed by atoms with Gasteiger partial charge in [0.05, 0.1) is 6.54 Å². The predicted octanol–water partition coefficient (Wildman–Crippen LogP) is 0.967. The number of hydrogen-bond acceptors (Lipinski definition) is 4. The van der Waals surface area contributed by atoms with Crippen LogP contribution in [0.15, 0.2) is 45.6 Å². The van der Waals surface area contributed by atoms with Gasteiger partial charge in [0.2, 0.25) is 0 Å². The van der Waals surface area contributed by atoms with Gasteiger partial charge in [-0.15, -0.1) is 0 Å². The van der Waals surface area contributed by atoms with E-state index in [1.165, 1.54) is 4.57 Å². The molecule has 1 N–H and O–H groups in total. The lowest BCUT2D eigenvalue weighted by Gasteiger charge is -1.95. The van der Waals surface area contributed by atoms with Crippen LogP contribution >= 0.6 is 0 Å². The van der Waals surface area contributed by atoms with E-state index in [0.29, 0.717) is 12.4 Å². The number of aromatic hydroxyl groups is 1. The first-order chi connectivity index (χ1) is 9.20. The van der Waals surface area contributed by atoms with Crippen LogP contribution in [0.25, 0.3) is 17.3 Å². The zero-order valence-corrected chi connectivity index (χ0v) is 10.3. The van der Waals surface area contributed by atoms with E-state index in [9.17, 15) is 9.90 Å². The van der Waals surface area contributed by atoms with Gasteiger partial charge in [-0.1, -0.05) is 18.2 Å². The lowest BCUT2D eigenvalue weighted by atomic mass is 10.2. The van der Waals surface area contributed by atoms with Crippen LogP contribution in [0.4, 0.5) is 0 Å². The Morgan fingerprint density at radius 3 is 2.79 bits per heavy atom. The lowest BCUT2D eigenvalue weighted by molar-refractivity contribution is -0.683. The predicted molar refractivity (Wildman–Crippen MR) is 66.7 cm³/mol. The Morgan fingerprint density at radius 1 is 1.37 bits per heavy atom. The van der Waals surface area contributed by atoms with Crippen molar-refractivity contribution in [2.45, 2.75) is 13.5 Å². The van der Waals surface area contributed by atoms with Gasteiger partial charge >= 0.3 is 11.4 Å². The molecule has 0 bridgehead atoms. The summed E-state index contributed by atoms with van der Waals surface area (Å²) in [6.45, 7) is 2.31. The molecular weight excluding hydrogens is 246 g/mol. The van der Waals surface area contributed by atoms with Gasteiger partial charge in [-0.05, 0) is 28.7 Å². The number of aromatic nitrogens is 3. The third kappa shape index (κ3) is 1.77. The normalized spacial score (nSPS) is 11.0. The topological polar surface area (TPSA) is 71.6 Å². The maximum absolute atomic E-state index is 11.8. The molecule has 0 radical (unpaired) electrons. The maximum atomic E-state index is 11.8. The van der Waals surface area contributed by atoms with Gasteiger partial charge in [0.1, 0.15) is 6.07 Å². The van der Waals surface area contributed by atoms with E-state index in [4.69, 9.17) is 4.42 Å². The summed E-state index contributed by atoms with van der Waals surface area (Å²) in [6.07, 6.45) is 0. The van der Waals surface area contributed by atoms with Crippen molar-refractivity contribution in [3.8, 4) is 17.3 Å². The van der Waals surface area contributed by atoms with E-state index < -0.39 is 5.56 Å². The minimum atomic E-state index is -0.428. The van der Waals surface area contributed by atoms with Crippen LogP contribution in [0.1, 0.15) is 6.92 Å². The van der Waals surface area contributed by atoms with Crippen LogP contribution in [0.2, 0.25) is 0 Å². The summed E-state index contributed by atoms with van der Waals surface area (Å²) >= 11 is 0. The van der Waals surface area contributed by atoms with Crippen molar-refractivity contribution in [1.29, 1.82) is 0 Å². The van der Waals surface area contributed by atoms with Gasteiger partial charge in [-0.25, -0.2) is 4.79 Å². The summed E-state index contributed by atoms with van der Waals surface area (Å²) in [4.78, 5) is 11.8. The van der Waals surface area contributed by atoms with Gasteiger partial charge in [-0.2, -0.15) is 4.57 Å². The summed E-state index contributed by atoms with van der Waals surface area (Å²) in [7, 11) is 0. The Kier molecular flexibility index (Phi) is 2.56. The summed E-state index contributed by atoms with van der Waals surface area (Å²) in [6, 6.07) is 10.4. The van der Waals surface area contributed by atoms with Crippen molar-refractivity contribution < 1.29 is 14.1 Å². The minimum absolute atomic E-state index is 0.136. The van der Waals surface area contributed by atoms with Gasteiger partial charge in [0.25, 0.3) is 11.8 Å². The molecule has 1 aromatic carbocycles. The second-order valence-corrected chi connectivity index (χ2v) is 4.05. The van der Waals surface area contributed by atoms with Crippen LogP contribution in [-0.4, -0.2) is 14.7 Å². The highest BCUT2D eigenvalue weighted by molar-refractivity contribution is 5.52. The molecule has 0 saturated heterocycles. The molecule has 6 heteroatoms. The van der Waals surface area contributed by atoms with Crippen LogP contribution in [0.3, 0.4) is 0 Å². The minimum Gasteiger partial charge on any atom is -0.477 e. The van der Waals surface area contributed by atoms with Crippen molar-refractivity contribution in [3.63, 3.8) is 0 Å². The van der Waals surface area contributed by atoms with Crippen molar-refractivity contribution in [2.24, 2.45) is 0 Å². The quantitative estimate of drug-likeness (QED) is 0.695. The number of aryl methyl sites for hydroxylation is 1. The molecule has 6 nitrogen and oxygen atoms in total. The third-order valence-corrected chi connectivity index (χ3v) is 2.87. The molecule has 19 heavy (non-hydrogen) atoms. The maximum Gasteiger partial charge on any atom is 0.495 e. The van der Waals surface area contributed by atoms with E-state index in [1.54, 1.807) is 0 Å². The highest BCUT2D eigenvalue weighted by atomic mass is 16.4. The molecule has 96 valence electrons. The number of rotatable bonds is 2. The molecule has 0 saturated carbocycles. The first kappa shape index (κ1) is 11.5. The van der Waals surface area contributed by atoms with E-state index in [1.807, 2.05) is 37.3 Å². The average molecular weight is 258 g/mol. The summed E-state index contributed by atoms with van der Waals surface area (Å²) in [5.74, 6) is 0.417. The van der Waals surface area contributed by atoms with Crippen molar-refractivity contribution >= 4 is 5.84 Å². The van der Waals surface area contributed by atoms with Crippen molar-refractivity contribution in [3.05, 3.63) is 46.8 Å². The van der Waals surface area contributed by atoms with E-state index >= 15 is 0 Å². The third-order valence-electron chi connectivity index (χ3n) is 2.87. The molecule has 0 amide bonds. The molecule has 0 spiro atoms. The first-order valence-electron chi connectivity index (χ1n) is 5.92. The molecule has 2 heterocycles. The Balaban J connectivity index is 2.32. The number of benzene rings is 1. The summed E-state index contributed by atoms with van der Waals surface area (Å²) in [5, 5.41) is 13.9. The first-order valence-corrected chi connectivity index (χ1v) is 5.92. The fourth-order valence-electron chi connectivity index (χ4n) is 1.94. The zero-order valence-electron chi connectivity index (χ0n) is 10.3. The molecular formula is C13H12N3O3+. The molecule has 3 rings (SSSR count). The lowest BCUT2D eigenvalue weighted by Crippen LogP contribution is -2.38. The van der Waals surface area contributed by atoms with Gasteiger partial charge in [-0.3, -0.25) is 0 Å². The Morgan fingerprint density at radius 2 is 2.11 bits per heavy atom. The second kappa shape index (κ2) is 4.24. The Bertz CT molecular complexity index is 790. The van der Waals surface area contributed by atoms with Gasteiger partial charge in [0.15, 0.2) is 0 Å². The summed E-state index contributed by atoms with van der Waals surface area (Å²) in [5.41, 5.74) is 0.343.